The molecule has 1 heterocycles. The summed E-state index contributed by atoms with van der Waals surface area (Å²) in [5.74, 6) is 1.13. The summed E-state index contributed by atoms with van der Waals surface area (Å²) in [6, 6.07) is 2.66. The summed E-state index contributed by atoms with van der Waals surface area (Å²) in [5.41, 5.74) is 1.15. The van der Waals surface area contributed by atoms with Crippen LogP contribution in [-0.2, 0) is 13.5 Å². The molecule has 3 heteroatoms. The Morgan fingerprint density at radius 1 is 1.50 bits per heavy atom. The highest BCUT2D eigenvalue weighted by Gasteiger charge is 2.06. The minimum absolute atomic E-state index is 0.528. The van der Waals surface area contributed by atoms with Crippen molar-refractivity contribution >= 4 is 5.82 Å². The molecule has 1 atom stereocenters. The minimum Gasteiger partial charge on any atom is -0.368 e. The van der Waals surface area contributed by atoms with E-state index in [-0.39, 0.29) is 0 Å². The maximum atomic E-state index is 4.40. The van der Waals surface area contributed by atoms with Crippen LogP contribution in [0, 0.1) is 0 Å². The molecule has 1 aromatic heterocycles. The molecular formula is C11H21N3. The van der Waals surface area contributed by atoms with Crippen molar-refractivity contribution < 1.29 is 0 Å². The highest BCUT2D eigenvalue weighted by Crippen LogP contribution is 2.12. The average molecular weight is 195 g/mol. The van der Waals surface area contributed by atoms with Crippen molar-refractivity contribution in [3.63, 3.8) is 0 Å². The van der Waals surface area contributed by atoms with Gasteiger partial charge in [0.25, 0.3) is 0 Å². The van der Waals surface area contributed by atoms with E-state index in [2.05, 4.69) is 37.3 Å². The second-order valence-corrected chi connectivity index (χ2v) is 3.83. The Bertz CT molecular complexity index is 278. The average Bonchev–Trinajstić information content (AvgIpc) is 2.48. The molecule has 1 N–H and O–H groups in total. The van der Waals surface area contributed by atoms with E-state index >= 15 is 0 Å². The van der Waals surface area contributed by atoms with Crippen LogP contribution in [0.3, 0.4) is 0 Å². The fraction of sp³-hybridized carbons (Fsp3) is 0.727. The third-order valence-electron chi connectivity index (χ3n) is 2.41. The number of nitrogens with zero attached hydrogens (tertiary/aromatic N) is 2. The number of nitrogens with one attached hydrogen (secondary N) is 1. The molecule has 0 bridgehead atoms. The Morgan fingerprint density at radius 3 is 2.71 bits per heavy atom. The topological polar surface area (TPSA) is 29.9 Å². The van der Waals surface area contributed by atoms with Gasteiger partial charge in [-0.05, 0) is 19.8 Å². The lowest BCUT2D eigenvalue weighted by atomic mass is 10.2. The van der Waals surface area contributed by atoms with E-state index in [1.165, 1.54) is 12.8 Å². The van der Waals surface area contributed by atoms with Crippen LogP contribution in [-0.4, -0.2) is 15.8 Å². The summed E-state index contributed by atoms with van der Waals surface area (Å²) in [4.78, 5) is 0. The molecule has 1 rings (SSSR count). The smallest absolute Gasteiger partial charge is 0.124 e. The number of hydrogen-bond acceptors (Lipinski definition) is 2. The maximum absolute atomic E-state index is 4.40. The molecule has 14 heavy (non-hydrogen) atoms. The number of hydrogen-bond donors (Lipinski definition) is 1. The molecule has 0 radical (unpaired) electrons. The molecule has 0 saturated carbocycles. The third-order valence-corrected chi connectivity index (χ3v) is 2.41. The van der Waals surface area contributed by atoms with Crippen LogP contribution in [0.2, 0.25) is 0 Å². The molecule has 0 saturated heterocycles. The Labute approximate surface area is 86.5 Å². The lowest BCUT2D eigenvalue weighted by Crippen LogP contribution is -2.16. The predicted molar refractivity (Wildman–Crippen MR) is 60.6 cm³/mol. The monoisotopic (exact) mass is 195 g/mol. The standard InChI is InChI=1S/C11H21N3/c1-5-7-9(3)12-11-8-10(6-2)13-14(11)4/h8-9,12H,5-7H2,1-4H3. The van der Waals surface area contributed by atoms with Gasteiger partial charge in [0, 0.05) is 19.2 Å². The van der Waals surface area contributed by atoms with E-state index in [9.17, 15) is 0 Å². The van der Waals surface area contributed by atoms with Crippen molar-refractivity contribution in [1.82, 2.24) is 9.78 Å². The van der Waals surface area contributed by atoms with Crippen molar-refractivity contribution in [3.05, 3.63) is 11.8 Å². The first-order valence-electron chi connectivity index (χ1n) is 5.46. The van der Waals surface area contributed by atoms with Gasteiger partial charge in [-0.15, -0.1) is 0 Å². The Morgan fingerprint density at radius 2 is 2.21 bits per heavy atom. The van der Waals surface area contributed by atoms with Gasteiger partial charge >= 0.3 is 0 Å². The summed E-state index contributed by atoms with van der Waals surface area (Å²) in [6.45, 7) is 6.54. The van der Waals surface area contributed by atoms with Gasteiger partial charge in [0.2, 0.25) is 0 Å². The molecule has 1 unspecified atom stereocenters. The predicted octanol–water partition coefficient (Wildman–Crippen LogP) is 2.58. The van der Waals surface area contributed by atoms with E-state index in [0.29, 0.717) is 6.04 Å². The molecule has 0 fully saturated rings. The molecule has 0 aromatic carbocycles. The van der Waals surface area contributed by atoms with E-state index in [1.54, 1.807) is 0 Å². The van der Waals surface area contributed by atoms with Crippen molar-refractivity contribution in [1.29, 1.82) is 0 Å². The second-order valence-electron chi connectivity index (χ2n) is 3.83. The molecule has 0 spiro atoms. The van der Waals surface area contributed by atoms with Crippen LogP contribution < -0.4 is 5.32 Å². The number of anilines is 1. The quantitative estimate of drug-likeness (QED) is 0.782. The van der Waals surface area contributed by atoms with Gasteiger partial charge in [-0.1, -0.05) is 20.3 Å². The summed E-state index contributed by atoms with van der Waals surface area (Å²) in [6.07, 6.45) is 3.41. The zero-order valence-electron chi connectivity index (χ0n) is 9.67. The Balaban J connectivity index is 2.61. The van der Waals surface area contributed by atoms with Crippen LogP contribution in [0.5, 0.6) is 0 Å². The van der Waals surface area contributed by atoms with Crippen molar-refractivity contribution in [2.45, 2.75) is 46.1 Å². The fourth-order valence-corrected chi connectivity index (χ4v) is 1.59. The molecule has 0 amide bonds. The second kappa shape index (κ2) is 5.03. The molecule has 80 valence electrons. The molecule has 0 aliphatic heterocycles. The van der Waals surface area contributed by atoms with Gasteiger partial charge in [-0.3, -0.25) is 4.68 Å². The third kappa shape index (κ3) is 2.76. The normalized spacial score (nSPS) is 12.9. The van der Waals surface area contributed by atoms with Crippen LogP contribution >= 0.6 is 0 Å². The SMILES string of the molecule is CCCC(C)Nc1cc(CC)nn1C. The highest BCUT2D eigenvalue weighted by molar-refractivity contribution is 5.37. The lowest BCUT2D eigenvalue weighted by molar-refractivity contribution is 0.669. The van der Waals surface area contributed by atoms with Crippen LogP contribution in [0.15, 0.2) is 6.07 Å². The largest absolute Gasteiger partial charge is 0.368 e. The summed E-state index contributed by atoms with van der Waals surface area (Å²) in [5, 5.41) is 7.86. The van der Waals surface area contributed by atoms with Crippen molar-refractivity contribution in [3.8, 4) is 0 Å². The van der Waals surface area contributed by atoms with Crippen molar-refractivity contribution in [2.75, 3.05) is 5.32 Å². The van der Waals surface area contributed by atoms with E-state index in [1.807, 2.05) is 11.7 Å². The van der Waals surface area contributed by atoms with Crippen LogP contribution in [0.4, 0.5) is 5.82 Å². The molecule has 0 aliphatic carbocycles. The zero-order valence-corrected chi connectivity index (χ0v) is 9.67. The number of aromatic nitrogens is 2. The summed E-state index contributed by atoms with van der Waals surface area (Å²) < 4.78 is 1.92. The van der Waals surface area contributed by atoms with Gasteiger partial charge in [0.1, 0.15) is 5.82 Å². The number of aryl methyl sites for hydroxylation is 2. The molecular weight excluding hydrogens is 174 g/mol. The fourth-order valence-electron chi connectivity index (χ4n) is 1.59. The molecule has 1 aromatic rings. The van der Waals surface area contributed by atoms with Gasteiger partial charge in [0.15, 0.2) is 0 Å². The minimum atomic E-state index is 0.528. The van der Waals surface area contributed by atoms with E-state index in [0.717, 1.165) is 17.9 Å². The van der Waals surface area contributed by atoms with E-state index in [4.69, 9.17) is 0 Å². The van der Waals surface area contributed by atoms with Gasteiger partial charge < -0.3 is 5.32 Å². The summed E-state index contributed by atoms with van der Waals surface area (Å²) in [7, 11) is 1.99. The zero-order chi connectivity index (χ0) is 10.6. The first-order chi connectivity index (χ1) is 6.67. The lowest BCUT2D eigenvalue weighted by Gasteiger charge is -2.13. The molecule has 0 aliphatic rings. The number of rotatable bonds is 5. The Kier molecular flexibility index (Phi) is 3.98. The molecule has 3 nitrogen and oxygen atoms in total. The van der Waals surface area contributed by atoms with Crippen molar-refractivity contribution in [2.24, 2.45) is 7.05 Å². The highest BCUT2D eigenvalue weighted by atomic mass is 15.3. The van der Waals surface area contributed by atoms with E-state index < -0.39 is 0 Å². The first kappa shape index (κ1) is 11.1. The van der Waals surface area contributed by atoms with Crippen LogP contribution in [0.25, 0.3) is 0 Å². The van der Waals surface area contributed by atoms with Gasteiger partial charge in [-0.2, -0.15) is 5.10 Å². The van der Waals surface area contributed by atoms with Gasteiger partial charge in [-0.25, -0.2) is 0 Å². The summed E-state index contributed by atoms with van der Waals surface area (Å²) >= 11 is 0. The first-order valence-corrected chi connectivity index (χ1v) is 5.46. The Hall–Kier alpha value is -0.990. The van der Waals surface area contributed by atoms with Gasteiger partial charge in [0.05, 0.1) is 5.69 Å². The maximum Gasteiger partial charge on any atom is 0.124 e. The van der Waals surface area contributed by atoms with Crippen LogP contribution in [0.1, 0.15) is 39.3 Å².